The van der Waals surface area contributed by atoms with Crippen LogP contribution in [0.3, 0.4) is 0 Å². The van der Waals surface area contributed by atoms with E-state index in [4.69, 9.17) is 4.74 Å². The van der Waals surface area contributed by atoms with Crippen LogP contribution in [0.4, 0.5) is 0 Å². The first kappa shape index (κ1) is 18.5. The van der Waals surface area contributed by atoms with Crippen LogP contribution in [0, 0.1) is 6.92 Å². The number of aryl methyl sites for hydroxylation is 1. The van der Waals surface area contributed by atoms with E-state index in [0.717, 1.165) is 20.3 Å². The van der Waals surface area contributed by atoms with E-state index in [9.17, 15) is 9.59 Å². The Morgan fingerprint density at radius 2 is 2.00 bits per heavy atom. The quantitative estimate of drug-likeness (QED) is 0.583. The highest BCUT2D eigenvalue weighted by atomic mass is 79.9. The number of hydrogen-bond acceptors (Lipinski definition) is 4. The van der Waals surface area contributed by atoms with E-state index in [1.807, 2.05) is 43.3 Å². The molecule has 134 valence electrons. The number of hydrogen-bond donors (Lipinski definition) is 0. The maximum absolute atomic E-state index is 12.6. The number of thiazole rings is 1. The number of fused-ring (bicyclic) bond motifs is 1. The molecule has 1 aromatic heterocycles. The lowest BCUT2D eigenvalue weighted by molar-refractivity contribution is -0.143. The molecule has 0 radical (unpaired) electrons. The second-order valence-corrected chi connectivity index (χ2v) is 7.54. The van der Waals surface area contributed by atoms with Crippen LogP contribution in [0.1, 0.15) is 22.8 Å². The second kappa shape index (κ2) is 7.97. The van der Waals surface area contributed by atoms with Gasteiger partial charge >= 0.3 is 5.97 Å². The van der Waals surface area contributed by atoms with Crippen LogP contribution < -0.4 is 4.80 Å². The molecule has 0 N–H and O–H groups in total. The number of benzene rings is 2. The summed E-state index contributed by atoms with van der Waals surface area (Å²) in [6.45, 7) is 3.95. The summed E-state index contributed by atoms with van der Waals surface area (Å²) in [6.07, 6.45) is 0. The van der Waals surface area contributed by atoms with Crippen LogP contribution in [0.5, 0.6) is 0 Å². The molecule has 0 aliphatic heterocycles. The molecule has 1 amide bonds. The van der Waals surface area contributed by atoms with Gasteiger partial charge in [0.15, 0.2) is 4.80 Å². The van der Waals surface area contributed by atoms with Gasteiger partial charge in [0.2, 0.25) is 0 Å². The highest BCUT2D eigenvalue weighted by Gasteiger charge is 2.13. The summed E-state index contributed by atoms with van der Waals surface area (Å²) in [5.41, 5.74) is 2.25. The standard InChI is InChI=1S/C19H17BrN2O3S/c1-3-25-17(23)11-22-15-9-8-13(20)10-16(15)26-19(22)21-18(24)14-7-5-4-6-12(14)2/h4-10H,3,11H2,1-2H3. The normalized spacial score (nSPS) is 11.7. The lowest BCUT2D eigenvalue weighted by Gasteiger charge is -2.05. The minimum atomic E-state index is -0.361. The largest absolute Gasteiger partial charge is 0.465 e. The Morgan fingerprint density at radius 3 is 2.73 bits per heavy atom. The molecule has 0 saturated carbocycles. The van der Waals surface area contributed by atoms with Crippen molar-refractivity contribution in [3.05, 3.63) is 62.9 Å². The van der Waals surface area contributed by atoms with Gasteiger partial charge < -0.3 is 9.30 Å². The van der Waals surface area contributed by atoms with Gasteiger partial charge in [-0.25, -0.2) is 0 Å². The number of carbonyl (C=O) groups is 2. The third-order valence-corrected chi connectivity index (χ3v) is 5.34. The predicted molar refractivity (Wildman–Crippen MR) is 105 cm³/mol. The van der Waals surface area contributed by atoms with Gasteiger partial charge in [-0.1, -0.05) is 45.5 Å². The fourth-order valence-corrected chi connectivity index (χ4v) is 4.16. The van der Waals surface area contributed by atoms with Gasteiger partial charge in [-0.3, -0.25) is 9.59 Å². The summed E-state index contributed by atoms with van der Waals surface area (Å²) in [6, 6.07) is 13.0. The van der Waals surface area contributed by atoms with Crippen molar-refractivity contribution in [2.75, 3.05) is 6.61 Å². The maximum Gasteiger partial charge on any atom is 0.326 e. The molecule has 0 aliphatic rings. The van der Waals surface area contributed by atoms with Gasteiger partial charge in [0, 0.05) is 10.0 Å². The third kappa shape index (κ3) is 3.94. The summed E-state index contributed by atoms with van der Waals surface area (Å²) in [5.74, 6) is -0.689. The van der Waals surface area contributed by atoms with Gasteiger partial charge in [0.1, 0.15) is 6.54 Å². The number of halogens is 1. The van der Waals surface area contributed by atoms with Gasteiger partial charge in [-0.05, 0) is 43.7 Å². The smallest absolute Gasteiger partial charge is 0.326 e. The molecule has 0 atom stereocenters. The first-order valence-electron chi connectivity index (χ1n) is 8.08. The zero-order valence-corrected chi connectivity index (χ0v) is 16.8. The second-order valence-electron chi connectivity index (χ2n) is 5.62. The van der Waals surface area contributed by atoms with Crippen LogP contribution in [0.15, 0.2) is 51.9 Å². The van der Waals surface area contributed by atoms with Crippen molar-refractivity contribution in [2.45, 2.75) is 20.4 Å². The molecule has 0 spiro atoms. The lowest BCUT2D eigenvalue weighted by atomic mass is 10.1. The Kier molecular flexibility index (Phi) is 5.68. The SMILES string of the molecule is CCOC(=O)Cn1c(=NC(=O)c2ccccc2C)sc2cc(Br)ccc21. The molecule has 5 nitrogen and oxygen atoms in total. The summed E-state index contributed by atoms with van der Waals surface area (Å²) in [7, 11) is 0. The number of aromatic nitrogens is 1. The maximum atomic E-state index is 12.6. The Bertz CT molecular complexity index is 1050. The monoisotopic (exact) mass is 432 g/mol. The zero-order valence-electron chi connectivity index (χ0n) is 14.4. The predicted octanol–water partition coefficient (Wildman–Crippen LogP) is 4.08. The van der Waals surface area contributed by atoms with Crippen LogP contribution >= 0.6 is 27.3 Å². The Labute approximate surface area is 163 Å². The first-order valence-corrected chi connectivity index (χ1v) is 9.69. The molecule has 3 aromatic rings. The molecule has 26 heavy (non-hydrogen) atoms. The van der Waals surface area contributed by atoms with Crippen molar-refractivity contribution < 1.29 is 14.3 Å². The molecule has 3 rings (SSSR count). The van der Waals surface area contributed by atoms with Crippen LogP contribution in [-0.4, -0.2) is 23.1 Å². The molecular weight excluding hydrogens is 416 g/mol. The highest BCUT2D eigenvalue weighted by molar-refractivity contribution is 9.10. The number of carbonyl (C=O) groups excluding carboxylic acids is 2. The number of nitrogens with zero attached hydrogens (tertiary/aromatic N) is 2. The van der Waals surface area contributed by atoms with E-state index in [1.165, 1.54) is 11.3 Å². The molecule has 0 unspecified atom stereocenters. The minimum Gasteiger partial charge on any atom is -0.465 e. The van der Waals surface area contributed by atoms with E-state index >= 15 is 0 Å². The van der Waals surface area contributed by atoms with Gasteiger partial charge in [-0.15, -0.1) is 0 Å². The highest BCUT2D eigenvalue weighted by Crippen LogP contribution is 2.22. The van der Waals surface area contributed by atoms with E-state index < -0.39 is 0 Å². The topological polar surface area (TPSA) is 60.7 Å². The fraction of sp³-hybridized carbons (Fsp3) is 0.211. The average Bonchev–Trinajstić information content (AvgIpc) is 2.91. The minimum absolute atomic E-state index is 0.00928. The Balaban J connectivity index is 2.13. The lowest BCUT2D eigenvalue weighted by Crippen LogP contribution is -2.23. The number of esters is 1. The molecular formula is C19H17BrN2O3S. The van der Waals surface area contributed by atoms with Gasteiger partial charge in [-0.2, -0.15) is 4.99 Å². The first-order chi connectivity index (χ1) is 12.5. The molecule has 7 heteroatoms. The van der Waals surface area contributed by atoms with Crippen molar-refractivity contribution in [1.82, 2.24) is 4.57 Å². The number of rotatable bonds is 4. The Hall–Kier alpha value is -2.25. The molecule has 0 aliphatic carbocycles. The van der Waals surface area contributed by atoms with Gasteiger partial charge in [0.25, 0.3) is 5.91 Å². The van der Waals surface area contributed by atoms with Gasteiger partial charge in [0.05, 0.1) is 16.8 Å². The van der Waals surface area contributed by atoms with E-state index in [-0.39, 0.29) is 18.4 Å². The van der Waals surface area contributed by atoms with Crippen molar-refractivity contribution in [3.8, 4) is 0 Å². The molecule has 0 bridgehead atoms. The number of ether oxygens (including phenoxy) is 1. The summed E-state index contributed by atoms with van der Waals surface area (Å²) < 4.78 is 8.64. The van der Waals surface area contributed by atoms with Crippen molar-refractivity contribution in [2.24, 2.45) is 4.99 Å². The average molecular weight is 433 g/mol. The third-order valence-electron chi connectivity index (χ3n) is 3.81. The molecule has 0 saturated heterocycles. The van der Waals surface area contributed by atoms with Crippen LogP contribution in [-0.2, 0) is 16.1 Å². The zero-order chi connectivity index (χ0) is 18.7. The fourth-order valence-electron chi connectivity index (χ4n) is 2.58. The van der Waals surface area contributed by atoms with E-state index in [2.05, 4.69) is 20.9 Å². The molecule has 0 fully saturated rings. The summed E-state index contributed by atoms with van der Waals surface area (Å²) in [4.78, 5) is 29.4. The van der Waals surface area contributed by atoms with Crippen LogP contribution in [0.25, 0.3) is 10.2 Å². The van der Waals surface area contributed by atoms with Crippen molar-refractivity contribution >= 4 is 49.4 Å². The number of amides is 1. The van der Waals surface area contributed by atoms with E-state index in [0.29, 0.717) is 17.0 Å². The molecule has 2 aromatic carbocycles. The summed E-state index contributed by atoms with van der Waals surface area (Å²) in [5, 5.41) is 0. The Morgan fingerprint density at radius 1 is 1.23 bits per heavy atom. The summed E-state index contributed by atoms with van der Waals surface area (Å²) >= 11 is 4.81. The molecule has 1 heterocycles. The van der Waals surface area contributed by atoms with E-state index in [1.54, 1.807) is 17.6 Å². The van der Waals surface area contributed by atoms with Crippen molar-refractivity contribution in [3.63, 3.8) is 0 Å². The van der Waals surface area contributed by atoms with Crippen molar-refractivity contribution in [1.29, 1.82) is 0 Å². The van der Waals surface area contributed by atoms with Crippen LogP contribution in [0.2, 0.25) is 0 Å².